The van der Waals surface area contributed by atoms with Gasteiger partial charge in [-0.1, -0.05) is 6.92 Å². The summed E-state index contributed by atoms with van der Waals surface area (Å²) in [4.78, 5) is 0. The molecule has 0 aromatic carbocycles. The lowest BCUT2D eigenvalue weighted by atomic mass is 9.74. The Hall–Kier alpha value is -0.0700. The highest BCUT2D eigenvalue weighted by molar-refractivity contribution is 4.89. The van der Waals surface area contributed by atoms with E-state index < -0.39 is 5.67 Å². The van der Waals surface area contributed by atoms with E-state index in [0.29, 0.717) is 5.92 Å². The van der Waals surface area contributed by atoms with Crippen molar-refractivity contribution in [3.05, 3.63) is 0 Å². The fourth-order valence-electron chi connectivity index (χ4n) is 0.831. The first kappa shape index (κ1) is 5.07. The highest BCUT2D eigenvalue weighted by Crippen LogP contribution is 2.40. The van der Waals surface area contributed by atoms with Crippen molar-refractivity contribution in [3.8, 4) is 0 Å². The van der Waals surface area contributed by atoms with Crippen LogP contribution in [-0.4, -0.2) is 5.67 Å². The summed E-state index contributed by atoms with van der Waals surface area (Å²) in [6, 6.07) is 0. The molecule has 1 unspecified atom stereocenters. The Morgan fingerprint density at radius 2 is 2.14 bits per heavy atom. The minimum atomic E-state index is -0.819. The second kappa shape index (κ2) is 1.21. The minimum absolute atomic E-state index is 0.312. The summed E-state index contributed by atoms with van der Waals surface area (Å²) in [5.41, 5.74) is -0.819. The molecule has 0 N–H and O–H groups in total. The summed E-state index contributed by atoms with van der Waals surface area (Å²) >= 11 is 0. The van der Waals surface area contributed by atoms with Crippen LogP contribution in [-0.2, 0) is 0 Å². The van der Waals surface area contributed by atoms with Gasteiger partial charge < -0.3 is 0 Å². The zero-order valence-electron chi connectivity index (χ0n) is 4.87. The molecular weight excluding hydrogens is 91.1 g/mol. The van der Waals surface area contributed by atoms with E-state index in [2.05, 4.69) is 0 Å². The van der Waals surface area contributed by atoms with Gasteiger partial charge in [0.2, 0.25) is 0 Å². The summed E-state index contributed by atoms with van der Waals surface area (Å²) in [6.07, 6.45) is 1.85. The third-order valence-corrected chi connectivity index (χ3v) is 2.09. The number of halogens is 1. The van der Waals surface area contributed by atoms with Crippen molar-refractivity contribution in [1.82, 2.24) is 0 Å². The van der Waals surface area contributed by atoms with Crippen LogP contribution in [0.15, 0.2) is 0 Å². The van der Waals surface area contributed by atoms with Crippen molar-refractivity contribution in [2.45, 2.75) is 32.4 Å². The summed E-state index contributed by atoms with van der Waals surface area (Å²) in [7, 11) is 0. The first-order valence-electron chi connectivity index (χ1n) is 2.82. The molecule has 0 amide bonds. The SMILES string of the molecule is C[C@@H]1CCC1(C)F. The van der Waals surface area contributed by atoms with E-state index >= 15 is 0 Å². The van der Waals surface area contributed by atoms with Gasteiger partial charge in [0.05, 0.1) is 0 Å². The van der Waals surface area contributed by atoms with Gasteiger partial charge >= 0.3 is 0 Å². The molecule has 1 heteroatoms. The predicted molar refractivity (Wildman–Crippen MR) is 27.9 cm³/mol. The normalized spacial score (nSPS) is 51.0. The fraction of sp³-hybridized carbons (Fsp3) is 1.00. The molecule has 1 aliphatic rings. The van der Waals surface area contributed by atoms with Crippen LogP contribution in [0.5, 0.6) is 0 Å². The van der Waals surface area contributed by atoms with E-state index in [-0.39, 0.29) is 0 Å². The highest BCUT2D eigenvalue weighted by atomic mass is 19.1. The third kappa shape index (κ3) is 0.644. The summed E-state index contributed by atoms with van der Waals surface area (Å²) in [6.45, 7) is 3.64. The Bertz CT molecular complexity index is 76.2. The molecule has 0 spiro atoms. The Kier molecular flexibility index (Phi) is 0.875. The van der Waals surface area contributed by atoms with Crippen molar-refractivity contribution < 1.29 is 4.39 Å². The van der Waals surface area contributed by atoms with Crippen LogP contribution in [0.4, 0.5) is 4.39 Å². The first-order valence-corrected chi connectivity index (χ1v) is 2.82. The van der Waals surface area contributed by atoms with Crippen molar-refractivity contribution in [2.75, 3.05) is 0 Å². The summed E-state index contributed by atoms with van der Waals surface area (Å²) in [5, 5.41) is 0. The Morgan fingerprint density at radius 3 is 2.14 bits per heavy atom. The molecule has 7 heavy (non-hydrogen) atoms. The molecule has 2 atom stereocenters. The molecule has 0 nitrogen and oxygen atoms in total. The van der Waals surface area contributed by atoms with Gasteiger partial charge in [-0.3, -0.25) is 0 Å². The van der Waals surface area contributed by atoms with E-state index in [0.717, 1.165) is 12.8 Å². The van der Waals surface area contributed by atoms with Gasteiger partial charge in [-0.15, -0.1) is 0 Å². The molecule has 1 aliphatic carbocycles. The maximum Gasteiger partial charge on any atom is 0.110 e. The van der Waals surface area contributed by atoms with Gasteiger partial charge in [-0.25, -0.2) is 4.39 Å². The van der Waals surface area contributed by atoms with Crippen molar-refractivity contribution in [2.24, 2.45) is 5.92 Å². The molecule has 42 valence electrons. The Balaban J connectivity index is 2.43. The monoisotopic (exact) mass is 102 g/mol. The molecule has 0 aromatic rings. The molecule has 0 aliphatic heterocycles. The maximum atomic E-state index is 12.6. The zero-order valence-corrected chi connectivity index (χ0v) is 4.87. The second-order valence-electron chi connectivity index (χ2n) is 2.72. The van der Waals surface area contributed by atoms with Crippen molar-refractivity contribution in [3.63, 3.8) is 0 Å². The van der Waals surface area contributed by atoms with Crippen LogP contribution in [0, 0.1) is 5.92 Å². The quantitative estimate of drug-likeness (QED) is 0.439. The van der Waals surface area contributed by atoms with Crippen LogP contribution in [0.1, 0.15) is 26.7 Å². The molecular formula is C6H11F. The van der Waals surface area contributed by atoms with E-state index in [1.807, 2.05) is 6.92 Å². The largest absolute Gasteiger partial charge is 0.244 e. The number of hydrogen-bond acceptors (Lipinski definition) is 0. The van der Waals surface area contributed by atoms with Crippen LogP contribution >= 0.6 is 0 Å². The maximum absolute atomic E-state index is 12.6. The summed E-state index contributed by atoms with van der Waals surface area (Å²) < 4.78 is 12.6. The predicted octanol–water partition coefficient (Wildman–Crippen LogP) is 2.14. The number of hydrogen-bond donors (Lipinski definition) is 0. The topological polar surface area (TPSA) is 0 Å². The van der Waals surface area contributed by atoms with Gasteiger partial charge in [-0.2, -0.15) is 0 Å². The average molecular weight is 102 g/mol. The molecule has 0 bridgehead atoms. The van der Waals surface area contributed by atoms with E-state index in [1.54, 1.807) is 6.92 Å². The molecule has 1 rings (SSSR count). The van der Waals surface area contributed by atoms with Crippen LogP contribution in [0.3, 0.4) is 0 Å². The van der Waals surface area contributed by atoms with E-state index in [9.17, 15) is 4.39 Å². The van der Waals surface area contributed by atoms with Crippen LogP contribution < -0.4 is 0 Å². The highest BCUT2D eigenvalue weighted by Gasteiger charge is 2.39. The van der Waals surface area contributed by atoms with Gasteiger partial charge in [0.1, 0.15) is 5.67 Å². The molecule has 0 aromatic heterocycles. The van der Waals surface area contributed by atoms with Gasteiger partial charge in [0.15, 0.2) is 0 Å². The molecule has 1 saturated carbocycles. The lowest BCUT2D eigenvalue weighted by Crippen LogP contribution is -2.37. The Morgan fingerprint density at radius 1 is 1.71 bits per heavy atom. The molecule has 0 radical (unpaired) electrons. The Labute approximate surface area is 43.7 Å². The smallest absolute Gasteiger partial charge is 0.110 e. The standard InChI is InChI=1S/C6H11F/c1-5-3-4-6(5,2)7/h5H,3-4H2,1-2H3/t5-,6?/m1/s1. The van der Waals surface area contributed by atoms with Gasteiger partial charge in [0.25, 0.3) is 0 Å². The van der Waals surface area contributed by atoms with Crippen molar-refractivity contribution >= 4 is 0 Å². The van der Waals surface area contributed by atoms with Gasteiger partial charge in [-0.05, 0) is 25.7 Å². The lowest BCUT2D eigenvalue weighted by molar-refractivity contribution is 0.0147. The molecule has 0 saturated heterocycles. The van der Waals surface area contributed by atoms with E-state index in [4.69, 9.17) is 0 Å². The number of rotatable bonds is 0. The first-order chi connectivity index (χ1) is 3.13. The average Bonchev–Trinajstić information content (AvgIpc) is 1.63. The van der Waals surface area contributed by atoms with Crippen LogP contribution in [0.2, 0.25) is 0 Å². The molecule has 1 fully saturated rings. The van der Waals surface area contributed by atoms with Crippen molar-refractivity contribution in [1.29, 1.82) is 0 Å². The number of alkyl halides is 1. The minimum Gasteiger partial charge on any atom is -0.244 e. The second-order valence-corrected chi connectivity index (χ2v) is 2.72. The van der Waals surface area contributed by atoms with Gasteiger partial charge in [0, 0.05) is 0 Å². The zero-order chi connectivity index (χ0) is 5.49. The third-order valence-electron chi connectivity index (χ3n) is 2.09. The lowest BCUT2D eigenvalue weighted by Gasteiger charge is -2.37. The van der Waals surface area contributed by atoms with Crippen LogP contribution in [0.25, 0.3) is 0 Å². The van der Waals surface area contributed by atoms with E-state index in [1.165, 1.54) is 0 Å². The summed E-state index contributed by atoms with van der Waals surface area (Å²) in [5.74, 6) is 0.312. The fourth-order valence-corrected chi connectivity index (χ4v) is 0.831. The molecule has 0 heterocycles.